The zero-order valence-electron chi connectivity index (χ0n) is 10.2. The van der Waals surface area contributed by atoms with Gasteiger partial charge in [0.15, 0.2) is 5.58 Å². The fraction of sp³-hybridized carbons (Fsp3) is 0.0667. The summed E-state index contributed by atoms with van der Waals surface area (Å²) in [6.45, 7) is 2.02. The van der Waals surface area contributed by atoms with Gasteiger partial charge in [0.2, 0.25) is 5.89 Å². The summed E-state index contributed by atoms with van der Waals surface area (Å²) >= 11 is 5.45. The number of carbonyl (C=O) groups is 1. The Morgan fingerprint density at radius 3 is 2.58 bits per heavy atom. The van der Waals surface area contributed by atoms with Gasteiger partial charge in [-0.3, -0.25) is 4.79 Å². The number of aryl methyl sites for hydroxylation is 1. The maximum absolute atomic E-state index is 11.1. The van der Waals surface area contributed by atoms with Crippen molar-refractivity contribution in [3.63, 3.8) is 0 Å². The second kappa shape index (κ2) is 4.52. The Labute approximate surface area is 114 Å². The molecule has 0 bridgehead atoms. The maximum atomic E-state index is 11.1. The Morgan fingerprint density at radius 2 is 1.89 bits per heavy atom. The normalized spacial score (nSPS) is 10.8. The van der Waals surface area contributed by atoms with Gasteiger partial charge in [-0.2, -0.15) is 0 Å². The Bertz CT molecular complexity index is 759. The highest BCUT2D eigenvalue weighted by Gasteiger charge is 2.10. The van der Waals surface area contributed by atoms with Gasteiger partial charge in [-0.1, -0.05) is 17.7 Å². The second-order valence-electron chi connectivity index (χ2n) is 4.34. The van der Waals surface area contributed by atoms with E-state index in [0.717, 1.165) is 5.56 Å². The Morgan fingerprint density at radius 1 is 1.16 bits per heavy atom. The van der Waals surface area contributed by atoms with E-state index < -0.39 is 5.24 Å². The van der Waals surface area contributed by atoms with Crippen molar-refractivity contribution in [3.05, 3.63) is 53.6 Å². The largest absolute Gasteiger partial charge is 0.436 e. The highest BCUT2D eigenvalue weighted by molar-refractivity contribution is 6.67. The van der Waals surface area contributed by atoms with E-state index in [-0.39, 0.29) is 0 Å². The highest BCUT2D eigenvalue weighted by Crippen LogP contribution is 2.25. The van der Waals surface area contributed by atoms with Crippen molar-refractivity contribution in [2.45, 2.75) is 6.92 Å². The first-order chi connectivity index (χ1) is 9.13. The van der Waals surface area contributed by atoms with Crippen molar-refractivity contribution in [1.82, 2.24) is 4.98 Å². The number of halogens is 1. The van der Waals surface area contributed by atoms with Gasteiger partial charge in [0.05, 0.1) is 0 Å². The van der Waals surface area contributed by atoms with Gasteiger partial charge in [0, 0.05) is 11.1 Å². The molecule has 1 aromatic heterocycles. The lowest BCUT2D eigenvalue weighted by atomic mass is 10.1. The molecule has 0 aliphatic carbocycles. The molecule has 0 N–H and O–H groups in total. The van der Waals surface area contributed by atoms with E-state index in [1.807, 2.05) is 31.2 Å². The Balaban J connectivity index is 2.11. The molecule has 0 saturated carbocycles. The van der Waals surface area contributed by atoms with Crippen LogP contribution in [0, 0.1) is 6.92 Å². The summed E-state index contributed by atoms with van der Waals surface area (Å²) in [6.07, 6.45) is 0. The molecular formula is C15H10ClNO2. The summed E-state index contributed by atoms with van der Waals surface area (Å²) in [4.78, 5) is 15.5. The van der Waals surface area contributed by atoms with Gasteiger partial charge in [-0.05, 0) is 48.9 Å². The van der Waals surface area contributed by atoms with Gasteiger partial charge >= 0.3 is 0 Å². The minimum absolute atomic E-state index is 0.415. The minimum Gasteiger partial charge on any atom is -0.436 e. The van der Waals surface area contributed by atoms with Crippen molar-refractivity contribution in [1.29, 1.82) is 0 Å². The van der Waals surface area contributed by atoms with E-state index in [2.05, 4.69) is 4.98 Å². The average molecular weight is 272 g/mol. The first-order valence-electron chi connectivity index (χ1n) is 5.81. The van der Waals surface area contributed by atoms with Crippen LogP contribution in [0.25, 0.3) is 22.6 Å². The first-order valence-corrected chi connectivity index (χ1v) is 6.19. The molecule has 3 rings (SSSR count). The molecule has 19 heavy (non-hydrogen) atoms. The fourth-order valence-electron chi connectivity index (χ4n) is 1.87. The number of rotatable bonds is 2. The van der Waals surface area contributed by atoms with Crippen molar-refractivity contribution in [2.75, 3.05) is 0 Å². The van der Waals surface area contributed by atoms with E-state index in [4.69, 9.17) is 16.0 Å². The van der Waals surface area contributed by atoms with Crippen LogP contribution < -0.4 is 0 Å². The van der Waals surface area contributed by atoms with E-state index in [9.17, 15) is 4.79 Å². The van der Waals surface area contributed by atoms with Crippen LogP contribution in [-0.2, 0) is 0 Å². The summed E-state index contributed by atoms with van der Waals surface area (Å²) in [5, 5.41) is -0.498. The topological polar surface area (TPSA) is 43.1 Å². The predicted molar refractivity (Wildman–Crippen MR) is 74.4 cm³/mol. The molecule has 0 aliphatic rings. The third kappa shape index (κ3) is 2.25. The molecule has 0 radical (unpaired) electrons. The monoisotopic (exact) mass is 271 g/mol. The Kier molecular flexibility index (Phi) is 2.84. The number of hydrogen-bond acceptors (Lipinski definition) is 3. The smallest absolute Gasteiger partial charge is 0.252 e. The third-order valence-electron chi connectivity index (χ3n) is 2.91. The number of oxazole rings is 1. The standard InChI is InChI=1S/C15H10ClNO2/c1-9-2-4-10(5-3-9)15-17-12-8-11(14(16)18)6-7-13(12)19-15/h2-8H,1H3. The number of benzene rings is 2. The van der Waals surface area contributed by atoms with Gasteiger partial charge in [0.25, 0.3) is 5.24 Å². The number of carbonyl (C=O) groups excluding carboxylic acids is 1. The summed E-state index contributed by atoms with van der Waals surface area (Å²) in [6, 6.07) is 12.9. The van der Waals surface area contributed by atoms with Crippen LogP contribution in [0.1, 0.15) is 15.9 Å². The SMILES string of the molecule is Cc1ccc(-c2nc3cc(C(=O)Cl)ccc3o2)cc1. The van der Waals surface area contributed by atoms with Gasteiger partial charge in [-0.25, -0.2) is 4.98 Å². The molecule has 1 heterocycles. The Hall–Kier alpha value is -2.13. The van der Waals surface area contributed by atoms with Crippen LogP contribution >= 0.6 is 11.6 Å². The fourth-order valence-corrected chi connectivity index (χ4v) is 1.99. The molecule has 0 unspecified atom stereocenters. The highest BCUT2D eigenvalue weighted by atomic mass is 35.5. The van der Waals surface area contributed by atoms with Crippen LogP contribution in [0.4, 0.5) is 0 Å². The molecule has 0 aliphatic heterocycles. The molecule has 3 aromatic rings. The van der Waals surface area contributed by atoms with E-state index >= 15 is 0 Å². The van der Waals surface area contributed by atoms with Gasteiger partial charge in [-0.15, -0.1) is 0 Å². The second-order valence-corrected chi connectivity index (χ2v) is 4.68. The lowest BCUT2D eigenvalue weighted by Gasteiger charge is -1.95. The number of fused-ring (bicyclic) bond motifs is 1. The van der Waals surface area contributed by atoms with Crippen molar-refractivity contribution in [2.24, 2.45) is 0 Å². The van der Waals surface area contributed by atoms with E-state index in [0.29, 0.717) is 22.6 Å². The lowest BCUT2D eigenvalue weighted by Crippen LogP contribution is -1.86. The molecule has 0 amide bonds. The van der Waals surface area contributed by atoms with Crippen molar-refractivity contribution < 1.29 is 9.21 Å². The van der Waals surface area contributed by atoms with Gasteiger partial charge in [0.1, 0.15) is 5.52 Å². The first kappa shape index (κ1) is 11.9. The van der Waals surface area contributed by atoms with E-state index in [1.54, 1.807) is 18.2 Å². The van der Waals surface area contributed by atoms with Crippen LogP contribution in [0.2, 0.25) is 0 Å². The maximum Gasteiger partial charge on any atom is 0.252 e. The number of nitrogens with zero attached hydrogens (tertiary/aromatic N) is 1. The van der Waals surface area contributed by atoms with Crippen LogP contribution in [-0.4, -0.2) is 10.2 Å². The third-order valence-corrected chi connectivity index (χ3v) is 3.13. The molecule has 2 aromatic carbocycles. The molecule has 0 saturated heterocycles. The molecule has 4 heteroatoms. The molecular weight excluding hydrogens is 262 g/mol. The number of aromatic nitrogens is 1. The van der Waals surface area contributed by atoms with Crippen LogP contribution in [0.3, 0.4) is 0 Å². The van der Waals surface area contributed by atoms with Crippen LogP contribution in [0.5, 0.6) is 0 Å². The number of hydrogen-bond donors (Lipinski definition) is 0. The summed E-state index contributed by atoms with van der Waals surface area (Å²) in [5.41, 5.74) is 3.76. The lowest BCUT2D eigenvalue weighted by molar-refractivity contribution is 0.108. The average Bonchev–Trinajstić information content (AvgIpc) is 2.82. The predicted octanol–water partition coefficient (Wildman–Crippen LogP) is 4.18. The molecule has 0 fully saturated rings. The summed E-state index contributed by atoms with van der Waals surface area (Å²) < 4.78 is 5.66. The van der Waals surface area contributed by atoms with Crippen molar-refractivity contribution in [3.8, 4) is 11.5 Å². The minimum atomic E-state index is -0.498. The quantitative estimate of drug-likeness (QED) is 0.657. The van der Waals surface area contributed by atoms with Gasteiger partial charge < -0.3 is 4.42 Å². The van der Waals surface area contributed by atoms with E-state index in [1.165, 1.54) is 5.56 Å². The summed E-state index contributed by atoms with van der Waals surface area (Å²) in [5.74, 6) is 0.536. The molecule has 0 spiro atoms. The van der Waals surface area contributed by atoms with Crippen molar-refractivity contribution >= 4 is 27.9 Å². The molecule has 0 atom stereocenters. The molecule has 3 nitrogen and oxygen atoms in total. The van der Waals surface area contributed by atoms with Crippen LogP contribution in [0.15, 0.2) is 46.9 Å². The molecule has 94 valence electrons. The zero-order valence-corrected chi connectivity index (χ0v) is 10.9. The summed E-state index contributed by atoms with van der Waals surface area (Å²) in [7, 11) is 0. The zero-order chi connectivity index (χ0) is 13.4.